The van der Waals surface area contributed by atoms with Crippen molar-refractivity contribution in [1.82, 2.24) is 10.3 Å². The number of amides is 1. The summed E-state index contributed by atoms with van der Waals surface area (Å²) in [6, 6.07) is 1.91. The Morgan fingerprint density at radius 1 is 1.47 bits per heavy atom. The van der Waals surface area contributed by atoms with Crippen molar-refractivity contribution in [3.05, 3.63) is 22.8 Å². The summed E-state index contributed by atoms with van der Waals surface area (Å²) in [7, 11) is 0. The average Bonchev–Trinajstić information content (AvgIpc) is 3.05. The molecule has 0 bridgehead atoms. The summed E-state index contributed by atoms with van der Waals surface area (Å²) in [6.45, 7) is 1.26. The molecule has 19 heavy (non-hydrogen) atoms. The minimum Gasteiger partial charge on any atom is -0.471 e. The first-order valence-electron chi connectivity index (χ1n) is 6.43. The first-order valence-corrected chi connectivity index (χ1v) is 6.81. The first kappa shape index (κ1) is 12.7. The van der Waals surface area contributed by atoms with E-state index in [0.29, 0.717) is 35.7 Å². The molecule has 1 aromatic rings. The zero-order valence-electron chi connectivity index (χ0n) is 10.4. The van der Waals surface area contributed by atoms with Crippen LogP contribution in [-0.4, -0.2) is 36.3 Å². The number of pyridine rings is 1. The zero-order chi connectivity index (χ0) is 13.2. The molecule has 1 unspecified atom stereocenters. The second kappa shape index (κ2) is 5.35. The van der Waals surface area contributed by atoms with Crippen molar-refractivity contribution in [2.45, 2.75) is 31.4 Å². The predicted molar refractivity (Wildman–Crippen MR) is 69.6 cm³/mol. The number of halogens is 1. The van der Waals surface area contributed by atoms with Gasteiger partial charge in [-0.2, -0.15) is 0 Å². The van der Waals surface area contributed by atoms with E-state index in [9.17, 15) is 4.79 Å². The lowest BCUT2D eigenvalue weighted by atomic mass is 10.2. The van der Waals surface area contributed by atoms with Gasteiger partial charge in [0.05, 0.1) is 18.8 Å². The zero-order valence-corrected chi connectivity index (χ0v) is 11.2. The Labute approximate surface area is 116 Å². The molecular formula is C13H15ClN2O3. The highest BCUT2D eigenvalue weighted by Gasteiger charge is 2.25. The number of carbonyl (C=O) groups is 1. The smallest absolute Gasteiger partial charge is 0.253 e. The molecule has 0 spiro atoms. The van der Waals surface area contributed by atoms with Gasteiger partial charge in [0, 0.05) is 18.7 Å². The van der Waals surface area contributed by atoms with Gasteiger partial charge in [-0.05, 0) is 18.9 Å². The molecule has 102 valence electrons. The van der Waals surface area contributed by atoms with Crippen LogP contribution >= 0.6 is 11.6 Å². The molecule has 1 saturated heterocycles. The van der Waals surface area contributed by atoms with Gasteiger partial charge in [0.25, 0.3) is 5.91 Å². The minimum atomic E-state index is -0.132. The van der Waals surface area contributed by atoms with Crippen LogP contribution in [0.25, 0.3) is 0 Å². The molecule has 1 aliphatic carbocycles. The van der Waals surface area contributed by atoms with E-state index in [4.69, 9.17) is 21.1 Å². The van der Waals surface area contributed by atoms with Crippen molar-refractivity contribution in [3.63, 3.8) is 0 Å². The van der Waals surface area contributed by atoms with Crippen LogP contribution in [0.15, 0.2) is 12.3 Å². The van der Waals surface area contributed by atoms with Crippen LogP contribution in [0.4, 0.5) is 0 Å². The molecule has 1 N–H and O–H groups in total. The molecule has 2 heterocycles. The maximum atomic E-state index is 11.8. The molecule has 1 saturated carbocycles. The number of rotatable bonds is 4. The maximum absolute atomic E-state index is 11.8. The van der Waals surface area contributed by atoms with Gasteiger partial charge in [-0.1, -0.05) is 11.6 Å². The van der Waals surface area contributed by atoms with Crippen LogP contribution < -0.4 is 10.1 Å². The highest BCUT2D eigenvalue weighted by atomic mass is 35.5. The highest BCUT2D eigenvalue weighted by Crippen LogP contribution is 2.26. The van der Waals surface area contributed by atoms with E-state index in [1.54, 1.807) is 6.07 Å². The molecule has 5 nitrogen and oxygen atoms in total. The molecule has 3 rings (SSSR count). The van der Waals surface area contributed by atoms with Crippen LogP contribution in [0.5, 0.6) is 5.88 Å². The fourth-order valence-electron chi connectivity index (χ4n) is 1.90. The number of hydrogen-bond acceptors (Lipinski definition) is 4. The van der Waals surface area contributed by atoms with Crippen molar-refractivity contribution in [2.75, 3.05) is 13.2 Å². The fourth-order valence-corrected chi connectivity index (χ4v) is 2.11. The molecule has 0 radical (unpaired) electrons. The van der Waals surface area contributed by atoms with Crippen molar-refractivity contribution in [1.29, 1.82) is 0 Å². The van der Waals surface area contributed by atoms with Gasteiger partial charge in [-0.25, -0.2) is 4.98 Å². The van der Waals surface area contributed by atoms with E-state index in [-0.39, 0.29) is 12.0 Å². The summed E-state index contributed by atoms with van der Waals surface area (Å²) in [4.78, 5) is 16.0. The molecule has 1 aromatic heterocycles. The van der Waals surface area contributed by atoms with Gasteiger partial charge in [-0.15, -0.1) is 0 Å². The number of carbonyl (C=O) groups excluding carboxylic acids is 1. The number of nitrogens with zero attached hydrogens (tertiary/aromatic N) is 1. The molecule has 2 aliphatic rings. The standard InChI is InChI=1S/C13H15ClN2O3/c14-11-5-8(12(17)16-9-1-2-9)6-15-13(11)19-10-3-4-18-7-10/h5-6,9-10H,1-4,7H2,(H,16,17). The SMILES string of the molecule is O=C(NC1CC1)c1cnc(OC2CCOC2)c(Cl)c1. The van der Waals surface area contributed by atoms with Gasteiger partial charge >= 0.3 is 0 Å². The van der Waals surface area contributed by atoms with Crippen molar-refractivity contribution in [2.24, 2.45) is 0 Å². The predicted octanol–water partition coefficient (Wildman–Crippen LogP) is 1.79. The lowest BCUT2D eigenvalue weighted by molar-refractivity contribution is 0.0950. The van der Waals surface area contributed by atoms with Crippen LogP contribution in [0.2, 0.25) is 5.02 Å². The van der Waals surface area contributed by atoms with Gasteiger partial charge in [0.1, 0.15) is 11.1 Å². The topological polar surface area (TPSA) is 60.5 Å². The molecule has 1 aliphatic heterocycles. The summed E-state index contributed by atoms with van der Waals surface area (Å²) < 4.78 is 10.9. The van der Waals surface area contributed by atoms with E-state index in [1.165, 1.54) is 6.20 Å². The average molecular weight is 283 g/mol. The third kappa shape index (κ3) is 3.16. The first-order chi connectivity index (χ1) is 9.22. The summed E-state index contributed by atoms with van der Waals surface area (Å²) in [5.41, 5.74) is 0.465. The number of nitrogens with one attached hydrogen (secondary N) is 1. The Kier molecular flexibility index (Phi) is 3.57. The number of hydrogen-bond donors (Lipinski definition) is 1. The van der Waals surface area contributed by atoms with Gasteiger partial charge in [-0.3, -0.25) is 4.79 Å². The highest BCUT2D eigenvalue weighted by molar-refractivity contribution is 6.32. The van der Waals surface area contributed by atoms with E-state index in [0.717, 1.165) is 19.3 Å². The largest absolute Gasteiger partial charge is 0.471 e. The Hall–Kier alpha value is -1.33. The molecule has 6 heteroatoms. The quantitative estimate of drug-likeness (QED) is 0.915. The van der Waals surface area contributed by atoms with Crippen LogP contribution in [0, 0.1) is 0 Å². The van der Waals surface area contributed by atoms with Crippen molar-refractivity contribution >= 4 is 17.5 Å². The second-order valence-corrected chi connectivity index (χ2v) is 5.27. The molecule has 1 amide bonds. The second-order valence-electron chi connectivity index (χ2n) is 4.86. The third-order valence-electron chi connectivity index (χ3n) is 3.15. The molecule has 1 atom stereocenters. The fraction of sp³-hybridized carbons (Fsp3) is 0.538. The van der Waals surface area contributed by atoms with Crippen molar-refractivity contribution in [3.8, 4) is 5.88 Å². The number of aromatic nitrogens is 1. The van der Waals surface area contributed by atoms with E-state index >= 15 is 0 Å². The van der Waals surface area contributed by atoms with Gasteiger partial charge in [0.15, 0.2) is 0 Å². The Morgan fingerprint density at radius 3 is 2.95 bits per heavy atom. The summed E-state index contributed by atoms with van der Waals surface area (Å²) in [6.07, 6.45) is 4.43. The third-order valence-corrected chi connectivity index (χ3v) is 3.42. The Bertz CT molecular complexity index is 485. The van der Waals surface area contributed by atoms with E-state index < -0.39 is 0 Å². The Balaban J connectivity index is 1.67. The van der Waals surface area contributed by atoms with Crippen molar-refractivity contribution < 1.29 is 14.3 Å². The van der Waals surface area contributed by atoms with Crippen LogP contribution in [-0.2, 0) is 4.74 Å². The molecule has 0 aromatic carbocycles. The lowest BCUT2D eigenvalue weighted by Gasteiger charge is -2.12. The van der Waals surface area contributed by atoms with Gasteiger partial charge < -0.3 is 14.8 Å². The monoisotopic (exact) mass is 282 g/mol. The van der Waals surface area contributed by atoms with E-state index in [1.807, 2.05) is 0 Å². The summed E-state index contributed by atoms with van der Waals surface area (Å²) in [5, 5.41) is 3.25. The minimum absolute atomic E-state index is 0.00357. The van der Waals surface area contributed by atoms with Crippen LogP contribution in [0.1, 0.15) is 29.6 Å². The lowest BCUT2D eigenvalue weighted by Crippen LogP contribution is -2.25. The summed E-state index contributed by atoms with van der Waals surface area (Å²) >= 11 is 6.10. The van der Waals surface area contributed by atoms with Gasteiger partial charge in [0.2, 0.25) is 5.88 Å². The molecular weight excluding hydrogens is 268 g/mol. The number of ether oxygens (including phenoxy) is 2. The summed E-state index contributed by atoms with van der Waals surface area (Å²) in [5.74, 6) is 0.229. The molecule has 2 fully saturated rings. The maximum Gasteiger partial charge on any atom is 0.253 e. The van der Waals surface area contributed by atoms with E-state index in [2.05, 4.69) is 10.3 Å². The Morgan fingerprint density at radius 2 is 2.32 bits per heavy atom. The van der Waals surface area contributed by atoms with Crippen LogP contribution in [0.3, 0.4) is 0 Å². The normalized spacial score (nSPS) is 22.3.